The summed E-state index contributed by atoms with van der Waals surface area (Å²) < 4.78 is 0. The summed E-state index contributed by atoms with van der Waals surface area (Å²) in [5.41, 5.74) is 9.82. The minimum atomic E-state index is 0.554. The van der Waals surface area contributed by atoms with Crippen LogP contribution in [0.15, 0.2) is 53.9 Å². The van der Waals surface area contributed by atoms with Crippen LogP contribution in [-0.2, 0) is 0 Å². The molecule has 2 aromatic carbocycles. The van der Waals surface area contributed by atoms with Crippen molar-refractivity contribution < 1.29 is 0 Å². The largest absolute Gasteiger partial charge is 0.375 e. The van der Waals surface area contributed by atoms with E-state index in [2.05, 4.69) is 16.4 Å². The number of nitriles is 1. The average molecular weight is 292 g/mol. The van der Waals surface area contributed by atoms with Gasteiger partial charge in [0.1, 0.15) is 6.07 Å². The van der Waals surface area contributed by atoms with Crippen molar-refractivity contribution in [2.24, 2.45) is 0 Å². The number of anilines is 3. The van der Waals surface area contributed by atoms with Crippen LogP contribution in [0.1, 0.15) is 5.56 Å². The molecular formula is C16H12N4S. The molecule has 0 spiro atoms. The third-order valence-corrected chi connectivity index (χ3v) is 3.68. The molecule has 0 atom stereocenters. The first-order valence-electron chi connectivity index (χ1n) is 6.34. The number of hydrogen-bond donors (Lipinski definition) is 2. The van der Waals surface area contributed by atoms with Crippen LogP contribution >= 0.6 is 11.3 Å². The topological polar surface area (TPSA) is 74.7 Å². The smallest absolute Gasteiger partial charge is 0.180 e. The highest BCUT2D eigenvalue weighted by Crippen LogP contribution is 2.27. The second kappa shape index (κ2) is 5.65. The molecule has 3 rings (SSSR count). The van der Waals surface area contributed by atoms with Crippen molar-refractivity contribution in [2.45, 2.75) is 0 Å². The normalized spacial score (nSPS) is 10.0. The molecule has 0 aliphatic rings. The lowest BCUT2D eigenvalue weighted by molar-refractivity contribution is 1.41. The van der Waals surface area contributed by atoms with Gasteiger partial charge in [0.05, 0.1) is 16.9 Å². The second-order valence-electron chi connectivity index (χ2n) is 4.43. The number of nitrogens with zero attached hydrogens (tertiary/aromatic N) is 2. The zero-order chi connectivity index (χ0) is 14.7. The number of nitrogens with two attached hydrogens (primary N) is 1. The fourth-order valence-corrected chi connectivity index (χ4v) is 2.59. The van der Waals surface area contributed by atoms with Crippen molar-refractivity contribution in [1.82, 2.24) is 4.98 Å². The number of nitrogens with one attached hydrogen (secondary N) is 1. The molecule has 21 heavy (non-hydrogen) atoms. The maximum Gasteiger partial charge on any atom is 0.180 e. The van der Waals surface area contributed by atoms with E-state index in [1.807, 2.05) is 47.8 Å². The first-order valence-corrected chi connectivity index (χ1v) is 7.22. The van der Waals surface area contributed by atoms with Gasteiger partial charge in [-0.05, 0) is 24.3 Å². The minimum Gasteiger partial charge on any atom is -0.375 e. The van der Waals surface area contributed by atoms with E-state index in [4.69, 9.17) is 11.0 Å². The Bertz CT molecular complexity index is 817. The lowest BCUT2D eigenvalue weighted by atomic mass is 10.1. The Kier molecular flexibility index (Phi) is 3.54. The van der Waals surface area contributed by atoms with Crippen molar-refractivity contribution >= 4 is 27.8 Å². The van der Waals surface area contributed by atoms with E-state index in [0.29, 0.717) is 10.7 Å². The molecule has 3 aromatic rings. The molecule has 0 aliphatic heterocycles. The quantitative estimate of drug-likeness (QED) is 0.765. The summed E-state index contributed by atoms with van der Waals surface area (Å²) >= 11 is 1.42. The predicted octanol–water partition coefficient (Wildman–Crippen LogP) is 4.01. The first kappa shape index (κ1) is 13.2. The van der Waals surface area contributed by atoms with Crippen LogP contribution in [0, 0.1) is 11.3 Å². The summed E-state index contributed by atoms with van der Waals surface area (Å²) in [5, 5.41) is 14.9. The lowest BCUT2D eigenvalue weighted by Gasteiger charge is -2.09. The van der Waals surface area contributed by atoms with E-state index in [1.54, 1.807) is 6.07 Å². The molecular weight excluding hydrogens is 280 g/mol. The molecule has 0 saturated carbocycles. The van der Waals surface area contributed by atoms with E-state index in [0.717, 1.165) is 22.6 Å². The maximum absolute atomic E-state index is 9.12. The van der Waals surface area contributed by atoms with E-state index < -0.39 is 0 Å². The maximum atomic E-state index is 9.12. The standard InChI is InChI=1S/C16H12N4S/c17-9-12-4-1-2-7-14(12)19-13-6-3-5-11(8-13)15-10-21-16(18)20-15/h1-8,10,19H,(H2,18,20). The molecule has 0 bridgehead atoms. The Morgan fingerprint density at radius 1 is 1.14 bits per heavy atom. The van der Waals surface area contributed by atoms with Gasteiger partial charge in [0.2, 0.25) is 0 Å². The Balaban J connectivity index is 1.92. The SMILES string of the molecule is N#Cc1ccccc1Nc1cccc(-c2csc(N)n2)c1. The monoisotopic (exact) mass is 292 g/mol. The van der Waals surface area contributed by atoms with Crippen LogP contribution in [0.4, 0.5) is 16.5 Å². The predicted molar refractivity (Wildman–Crippen MR) is 86.4 cm³/mol. The van der Waals surface area contributed by atoms with Crippen LogP contribution in [-0.4, -0.2) is 4.98 Å². The Hall–Kier alpha value is -2.84. The van der Waals surface area contributed by atoms with Crippen molar-refractivity contribution in [3.05, 3.63) is 59.5 Å². The van der Waals surface area contributed by atoms with Gasteiger partial charge >= 0.3 is 0 Å². The molecule has 0 saturated heterocycles. The summed E-state index contributed by atoms with van der Waals surface area (Å²) in [6, 6.07) is 17.5. The number of thiazole rings is 1. The van der Waals surface area contributed by atoms with Crippen LogP contribution in [0.25, 0.3) is 11.3 Å². The summed E-state index contributed by atoms with van der Waals surface area (Å²) in [6.45, 7) is 0. The van der Waals surface area contributed by atoms with Gasteiger partial charge in [-0.15, -0.1) is 11.3 Å². The van der Waals surface area contributed by atoms with Gasteiger partial charge in [-0.1, -0.05) is 24.3 Å². The van der Waals surface area contributed by atoms with Gasteiger partial charge in [-0.25, -0.2) is 4.98 Å². The highest BCUT2D eigenvalue weighted by atomic mass is 32.1. The van der Waals surface area contributed by atoms with Crippen molar-refractivity contribution in [3.8, 4) is 17.3 Å². The van der Waals surface area contributed by atoms with Gasteiger partial charge in [-0.2, -0.15) is 5.26 Å². The zero-order valence-electron chi connectivity index (χ0n) is 11.1. The van der Waals surface area contributed by atoms with E-state index in [1.165, 1.54) is 11.3 Å². The molecule has 3 N–H and O–H groups in total. The highest BCUT2D eigenvalue weighted by Gasteiger charge is 2.05. The molecule has 102 valence electrons. The first-order chi connectivity index (χ1) is 10.3. The summed E-state index contributed by atoms with van der Waals surface area (Å²) in [4.78, 5) is 4.28. The van der Waals surface area contributed by atoms with E-state index in [9.17, 15) is 0 Å². The molecule has 4 nitrogen and oxygen atoms in total. The number of hydrogen-bond acceptors (Lipinski definition) is 5. The number of benzene rings is 2. The molecule has 0 radical (unpaired) electrons. The zero-order valence-corrected chi connectivity index (χ0v) is 11.9. The van der Waals surface area contributed by atoms with Gasteiger partial charge < -0.3 is 11.1 Å². The fraction of sp³-hybridized carbons (Fsp3) is 0. The Morgan fingerprint density at radius 2 is 2.00 bits per heavy atom. The van der Waals surface area contributed by atoms with E-state index >= 15 is 0 Å². The second-order valence-corrected chi connectivity index (χ2v) is 5.32. The number of aromatic nitrogens is 1. The van der Waals surface area contributed by atoms with Crippen molar-refractivity contribution in [1.29, 1.82) is 5.26 Å². The third kappa shape index (κ3) is 2.86. The van der Waals surface area contributed by atoms with Crippen LogP contribution < -0.4 is 11.1 Å². The van der Waals surface area contributed by atoms with Crippen molar-refractivity contribution in [3.63, 3.8) is 0 Å². The summed E-state index contributed by atoms with van der Waals surface area (Å²) in [7, 11) is 0. The van der Waals surface area contributed by atoms with Crippen LogP contribution in [0.5, 0.6) is 0 Å². The molecule has 0 amide bonds. The Labute approximate surface area is 126 Å². The number of rotatable bonds is 3. The molecule has 5 heteroatoms. The van der Waals surface area contributed by atoms with Crippen LogP contribution in [0.3, 0.4) is 0 Å². The lowest BCUT2D eigenvalue weighted by Crippen LogP contribution is -1.93. The average Bonchev–Trinajstić information content (AvgIpc) is 2.95. The number of nitrogen functional groups attached to an aromatic ring is 1. The minimum absolute atomic E-state index is 0.554. The highest BCUT2D eigenvalue weighted by molar-refractivity contribution is 7.13. The molecule has 0 fully saturated rings. The fourth-order valence-electron chi connectivity index (χ4n) is 2.02. The van der Waals surface area contributed by atoms with Gasteiger partial charge in [-0.3, -0.25) is 0 Å². The number of para-hydroxylation sites is 1. The van der Waals surface area contributed by atoms with Crippen molar-refractivity contribution in [2.75, 3.05) is 11.1 Å². The van der Waals surface area contributed by atoms with Gasteiger partial charge in [0.25, 0.3) is 0 Å². The molecule has 0 unspecified atom stereocenters. The van der Waals surface area contributed by atoms with Gasteiger partial charge in [0.15, 0.2) is 5.13 Å². The van der Waals surface area contributed by atoms with Gasteiger partial charge in [0, 0.05) is 16.6 Å². The molecule has 0 aliphatic carbocycles. The molecule has 1 heterocycles. The van der Waals surface area contributed by atoms with Crippen LogP contribution in [0.2, 0.25) is 0 Å². The third-order valence-electron chi connectivity index (χ3n) is 3.01. The summed E-state index contributed by atoms with van der Waals surface area (Å²) in [5.74, 6) is 0. The Morgan fingerprint density at radius 3 is 2.76 bits per heavy atom. The molecule has 1 aromatic heterocycles. The summed E-state index contributed by atoms with van der Waals surface area (Å²) in [6.07, 6.45) is 0. The van der Waals surface area contributed by atoms with E-state index in [-0.39, 0.29) is 0 Å².